The average Bonchev–Trinajstić information content (AvgIpc) is 2.96. The summed E-state index contributed by atoms with van der Waals surface area (Å²) in [6, 6.07) is 0. The highest BCUT2D eigenvalue weighted by atomic mass is 127. The van der Waals surface area contributed by atoms with E-state index in [0.717, 1.165) is 48.7 Å². The number of ether oxygens (including phenoxy) is 1. The molecule has 0 spiro atoms. The van der Waals surface area contributed by atoms with E-state index in [1.807, 2.05) is 18.5 Å². The number of aliphatic imine (C=N–C) groups is 1. The molecule has 0 amide bonds. The molecule has 1 aromatic rings. The van der Waals surface area contributed by atoms with Gasteiger partial charge in [0.2, 0.25) is 0 Å². The summed E-state index contributed by atoms with van der Waals surface area (Å²) in [6.07, 6.45) is 2.89. The summed E-state index contributed by atoms with van der Waals surface area (Å²) in [4.78, 5) is 8.78. The number of guanidine groups is 1. The zero-order chi connectivity index (χ0) is 14.5. The molecule has 0 unspecified atom stereocenters. The van der Waals surface area contributed by atoms with Crippen LogP contribution in [0.25, 0.3) is 0 Å². The Hall–Kier alpha value is -0.0600. The van der Waals surface area contributed by atoms with Crippen LogP contribution in [0.4, 0.5) is 0 Å². The molecular weight excluding hydrogens is 419 g/mol. The summed E-state index contributed by atoms with van der Waals surface area (Å²) in [6.45, 7) is 8.01. The SMILES string of the molecule is CCNC(=NCCCSc1nccs1)NCCOCC.I. The van der Waals surface area contributed by atoms with Gasteiger partial charge in [-0.3, -0.25) is 4.99 Å². The van der Waals surface area contributed by atoms with Gasteiger partial charge in [-0.25, -0.2) is 4.98 Å². The van der Waals surface area contributed by atoms with Gasteiger partial charge in [0.05, 0.1) is 6.61 Å². The van der Waals surface area contributed by atoms with Crippen molar-refractivity contribution in [2.45, 2.75) is 24.6 Å². The minimum absolute atomic E-state index is 0. The van der Waals surface area contributed by atoms with Gasteiger partial charge >= 0.3 is 0 Å². The van der Waals surface area contributed by atoms with E-state index in [4.69, 9.17) is 4.74 Å². The predicted octanol–water partition coefficient (Wildman–Crippen LogP) is 2.83. The molecule has 8 heteroatoms. The van der Waals surface area contributed by atoms with Crippen molar-refractivity contribution in [3.63, 3.8) is 0 Å². The third-order valence-corrected chi connectivity index (χ3v) is 4.35. The summed E-state index contributed by atoms with van der Waals surface area (Å²) in [5.74, 6) is 1.92. The molecule has 21 heavy (non-hydrogen) atoms. The Morgan fingerprint density at radius 1 is 1.43 bits per heavy atom. The van der Waals surface area contributed by atoms with Crippen molar-refractivity contribution in [3.05, 3.63) is 11.6 Å². The van der Waals surface area contributed by atoms with Crippen molar-refractivity contribution in [1.82, 2.24) is 15.6 Å². The molecule has 0 saturated carbocycles. The predicted molar refractivity (Wildman–Crippen MR) is 103 cm³/mol. The van der Waals surface area contributed by atoms with Crippen molar-refractivity contribution < 1.29 is 4.74 Å². The van der Waals surface area contributed by atoms with E-state index in [9.17, 15) is 0 Å². The van der Waals surface area contributed by atoms with Crippen LogP contribution in [0.5, 0.6) is 0 Å². The van der Waals surface area contributed by atoms with E-state index >= 15 is 0 Å². The normalized spacial score (nSPS) is 11.0. The molecule has 0 aliphatic heterocycles. The van der Waals surface area contributed by atoms with Gasteiger partial charge in [0.1, 0.15) is 4.34 Å². The van der Waals surface area contributed by atoms with Crippen LogP contribution in [0, 0.1) is 0 Å². The number of nitrogens with zero attached hydrogens (tertiary/aromatic N) is 2. The Morgan fingerprint density at radius 3 is 2.95 bits per heavy atom. The molecule has 0 fully saturated rings. The van der Waals surface area contributed by atoms with Crippen LogP contribution in [0.3, 0.4) is 0 Å². The number of hydrogen-bond donors (Lipinski definition) is 2. The van der Waals surface area contributed by atoms with Crippen LogP contribution in [0.15, 0.2) is 20.9 Å². The molecule has 0 bridgehead atoms. The van der Waals surface area contributed by atoms with Crippen LogP contribution in [0.2, 0.25) is 0 Å². The lowest BCUT2D eigenvalue weighted by molar-refractivity contribution is 0.152. The van der Waals surface area contributed by atoms with Gasteiger partial charge in [0.25, 0.3) is 0 Å². The summed E-state index contributed by atoms with van der Waals surface area (Å²) < 4.78 is 6.43. The molecule has 0 saturated heterocycles. The van der Waals surface area contributed by atoms with Crippen molar-refractivity contribution in [2.24, 2.45) is 4.99 Å². The van der Waals surface area contributed by atoms with Crippen molar-refractivity contribution in [3.8, 4) is 0 Å². The highest BCUT2D eigenvalue weighted by molar-refractivity contribution is 14.0. The summed E-state index contributed by atoms with van der Waals surface area (Å²) in [5, 5.41) is 8.49. The molecule has 0 radical (unpaired) electrons. The van der Waals surface area contributed by atoms with Crippen LogP contribution in [-0.4, -0.2) is 49.5 Å². The molecule has 0 aliphatic carbocycles. The highest BCUT2D eigenvalue weighted by Crippen LogP contribution is 2.20. The molecule has 1 heterocycles. The van der Waals surface area contributed by atoms with Crippen molar-refractivity contribution in [2.75, 3.05) is 38.6 Å². The Bertz CT molecular complexity index is 363. The molecule has 0 aromatic carbocycles. The van der Waals surface area contributed by atoms with Crippen LogP contribution in [0.1, 0.15) is 20.3 Å². The van der Waals surface area contributed by atoms with Crippen molar-refractivity contribution in [1.29, 1.82) is 0 Å². The first kappa shape index (κ1) is 20.9. The second-order valence-corrected chi connectivity index (χ2v) is 6.12. The maximum Gasteiger partial charge on any atom is 0.191 e. The van der Waals surface area contributed by atoms with E-state index < -0.39 is 0 Å². The molecule has 2 N–H and O–H groups in total. The quantitative estimate of drug-likeness (QED) is 0.191. The fraction of sp³-hybridized carbons (Fsp3) is 0.692. The van der Waals surface area contributed by atoms with E-state index in [0.29, 0.717) is 6.61 Å². The van der Waals surface area contributed by atoms with Gasteiger partial charge in [-0.2, -0.15) is 0 Å². The van der Waals surface area contributed by atoms with Gasteiger partial charge in [-0.15, -0.1) is 35.3 Å². The molecule has 0 aliphatic rings. The van der Waals surface area contributed by atoms with E-state index in [1.165, 1.54) is 0 Å². The van der Waals surface area contributed by atoms with Crippen molar-refractivity contribution >= 4 is 53.0 Å². The number of hydrogen-bond acceptors (Lipinski definition) is 5. The molecule has 5 nitrogen and oxygen atoms in total. The van der Waals surface area contributed by atoms with Gasteiger partial charge in [-0.1, -0.05) is 11.8 Å². The monoisotopic (exact) mass is 444 g/mol. The second kappa shape index (κ2) is 14.9. The molecule has 122 valence electrons. The summed E-state index contributed by atoms with van der Waals surface area (Å²) in [5.41, 5.74) is 0. The average molecular weight is 444 g/mol. The lowest BCUT2D eigenvalue weighted by atomic mass is 10.5. The molecular formula is C13H25IN4OS2. The third-order valence-electron chi connectivity index (χ3n) is 2.29. The number of rotatable bonds is 10. The number of aromatic nitrogens is 1. The molecule has 1 rings (SSSR count). The maximum atomic E-state index is 5.29. The Kier molecular flexibility index (Phi) is 14.8. The standard InChI is InChI=1S/C13H24N4OS2.HI/c1-3-14-12(16-7-9-18-4-2)15-6-5-10-19-13-17-8-11-20-13;/h8,11H,3-7,9-10H2,1-2H3,(H2,14,15,16);1H. The summed E-state index contributed by atoms with van der Waals surface area (Å²) >= 11 is 3.48. The Labute approximate surface area is 152 Å². The highest BCUT2D eigenvalue weighted by Gasteiger charge is 1.98. The van der Waals surface area contributed by atoms with Gasteiger partial charge in [0, 0.05) is 43.6 Å². The first-order chi connectivity index (χ1) is 9.86. The minimum atomic E-state index is 0. The van der Waals surface area contributed by atoms with E-state index in [2.05, 4.69) is 27.5 Å². The zero-order valence-corrected chi connectivity index (χ0v) is 16.6. The van der Waals surface area contributed by atoms with Gasteiger partial charge in [-0.05, 0) is 20.3 Å². The molecule has 0 atom stereocenters. The number of thioether (sulfide) groups is 1. The number of thiazole rings is 1. The Balaban J connectivity index is 0.00000400. The topological polar surface area (TPSA) is 58.5 Å². The van der Waals surface area contributed by atoms with E-state index in [-0.39, 0.29) is 24.0 Å². The third kappa shape index (κ3) is 11.2. The fourth-order valence-corrected chi connectivity index (χ4v) is 3.06. The smallest absolute Gasteiger partial charge is 0.191 e. The first-order valence-corrected chi connectivity index (χ1v) is 8.85. The largest absolute Gasteiger partial charge is 0.380 e. The molecule has 1 aromatic heterocycles. The first-order valence-electron chi connectivity index (χ1n) is 6.99. The van der Waals surface area contributed by atoms with Gasteiger partial charge in [0.15, 0.2) is 5.96 Å². The lowest BCUT2D eigenvalue weighted by Gasteiger charge is -2.10. The Morgan fingerprint density at radius 2 is 2.29 bits per heavy atom. The van der Waals surface area contributed by atoms with Gasteiger partial charge < -0.3 is 15.4 Å². The number of nitrogens with one attached hydrogen (secondary N) is 2. The number of halogens is 1. The fourth-order valence-electron chi connectivity index (χ4n) is 1.42. The minimum Gasteiger partial charge on any atom is -0.380 e. The summed E-state index contributed by atoms with van der Waals surface area (Å²) in [7, 11) is 0. The van der Waals surface area contributed by atoms with Crippen LogP contribution in [-0.2, 0) is 4.74 Å². The second-order valence-electron chi connectivity index (χ2n) is 3.88. The van der Waals surface area contributed by atoms with E-state index in [1.54, 1.807) is 23.1 Å². The maximum absolute atomic E-state index is 5.29. The van der Waals surface area contributed by atoms with Crippen LogP contribution >= 0.6 is 47.1 Å². The zero-order valence-electron chi connectivity index (χ0n) is 12.6. The van der Waals surface area contributed by atoms with Crippen LogP contribution < -0.4 is 10.6 Å². The lowest BCUT2D eigenvalue weighted by Crippen LogP contribution is -2.39.